The van der Waals surface area contributed by atoms with Gasteiger partial charge in [0.1, 0.15) is 0 Å². The number of hydrogen-bond acceptors (Lipinski definition) is 2. The molecule has 0 fully saturated rings. The first-order valence-corrected chi connectivity index (χ1v) is 12.8. The zero-order chi connectivity index (χ0) is 19.6. The van der Waals surface area contributed by atoms with Gasteiger partial charge >= 0.3 is 0 Å². The fourth-order valence-electron chi connectivity index (χ4n) is 3.77. The summed E-state index contributed by atoms with van der Waals surface area (Å²) in [5, 5.41) is 2.30. The van der Waals surface area contributed by atoms with Gasteiger partial charge < -0.3 is 0 Å². The molecule has 3 rings (SSSR count). The van der Waals surface area contributed by atoms with Crippen LogP contribution in [-0.2, 0) is 12.8 Å². The van der Waals surface area contributed by atoms with Crippen LogP contribution in [0.5, 0.6) is 0 Å². The van der Waals surface area contributed by atoms with Crippen LogP contribution in [0.25, 0.3) is 20.2 Å². The van der Waals surface area contributed by atoms with Gasteiger partial charge in [-0.1, -0.05) is 82.7 Å². The molecule has 2 aromatic heterocycles. The Bertz CT molecular complexity index is 810. The summed E-state index contributed by atoms with van der Waals surface area (Å²) < 4.78 is 0. The number of rotatable bonds is 12. The maximum Gasteiger partial charge on any atom is 0.0483 e. The van der Waals surface area contributed by atoms with Gasteiger partial charge in [-0.3, -0.25) is 0 Å². The largest absolute Gasteiger partial charge is 0.143 e. The normalized spacial score (nSPS) is 11.2. The quantitative estimate of drug-likeness (QED) is 0.261. The van der Waals surface area contributed by atoms with E-state index >= 15 is 0 Å². The lowest BCUT2D eigenvalue weighted by Crippen LogP contribution is -1.89. The van der Waals surface area contributed by atoms with Gasteiger partial charge in [0, 0.05) is 14.6 Å². The van der Waals surface area contributed by atoms with Crippen molar-refractivity contribution in [2.75, 3.05) is 0 Å². The molecule has 0 atom stereocenters. The first-order valence-electron chi connectivity index (χ1n) is 11.1. The molecule has 0 nitrogen and oxygen atoms in total. The number of aryl methyl sites for hydroxylation is 2. The molecule has 0 spiro atoms. The van der Waals surface area contributed by atoms with E-state index in [1.54, 1.807) is 11.1 Å². The fraction of sp³-hybridized carbons (Fsp3) is 0.462. The van der Waals surface area contributed by atoms with Crippen LogP contribution in [0.2, 0.25) is 0 Å². The third-order valence-electron chi connectivity index (χ3n) is 5.42. The van der Waals surface area contributed by atoms with Crippen molar-refractivity contribution in [2.24, 2.45) is 0 Å². The fourth-order valence-corrected chi connectivity index (χ4v) is 6.16. The third-order valence-corrected chi connectivity index (χ3v) is 7.77. The topological polar surface area (TPSA) is 0 Å². The van der Waals surface area contributed by atoms with E-state index in [-0.39, 0.29) is 0 Å². The number of hydrogen-bond donors (Lipinski definition) is 0. The average molecular weight is 411 g/mol. The highest BCUT2D eigenvalue weighted by Crippen LogP contribution is 2.43. The van der Waals surface area contributed by atoms with Gasteiger partial charge in [-0.05, 0) is 59.9 Å². The molecule has 0 amide bonds. The third kappa shape index (κ3) is 5.81. The molecule has 0 aliphatic rings. The molecule has 0 aliphatic carbocycles. The smallest absolute Gasteiger partial charge is 0.0483 e. The van der Waals surface area contributed by atoms with Crippen molar-refractivity contribution in [3.05, 3.63) is 59.0 Å². The lowest BCUT2D eigenvalue weighted by molar-refractivity contribution is 0.666. The van der Waals surface area contributed by atoms with E-state index in [0.717, 1.165) is 0 Å². The predicted octanol–water partition coefficient (Wildman–Crippen LogP) is 9.39. The molecule has 0 bridgehead atoms. The van der Waals surface area contributed by atoms with E-state index in [1.165, 1.54) is 84.4 Å². The van der Waals surface area contributed by atoms with Crippen molar-refractivity contribution < 1.29 is 0 Å². The highest BCUT2D eigenvalue weighted by atomic mass is 32.1. The van der Waals surface area contributed by atoms with Gasteiger partial charge in [-0.2, -0.15) is 0 Å². The summed E-state index contributed by atoms with van der Waals surface area (Å²) in [7, 11) is 0. The van der Waals surface area contributed by atoms with Gasteiger partial charge in [0.15, 0.2) is 0 Å². The van der Waals surface area contributed by atoms with Crippen LogP contribution in [0.3, 0.4) is 0 Å². The summed E-state index contributed by atoms with van der Waals surface area (Å²) in [4.78, 5) is 4.50. The van der Waals surface area contributed by atoms with E-state index in [9.17, 15) is 0 Å². The van der Waals surface area contributed by atoms with Gasteiger partial charge in [-0.25, -0.2) is 0 Å². The Kier molecular flexibility index (Phi) is 8.82. The molecule has 0 saturated carbocycles. The minimum absolute atomic E-state index is 1.21. The monoisotopic (exact) mass is 410 g/mol. The van der Waals surface area contributed by atoms with Gasteiger partial charge in [0.05, 0.1) is 0 Å². The van der Waals surface area contributed by atoms with Gasteiger partial charge in [0.25, 0.3) is 0 Å². The van der Waals surface area contributed by atoms with E-state index in [1.807, 2.05) is 22.7 Å². The lowest BCUT2D eigenvalue weighted by atomic mass is 10.0. The summed E-state index contributed by atoms with van der Waals surface area (Å²) in [5.74, 6) is 0. The molecule has 150 valence electrons. The summed E-state index contributed by atoms with van der Waals surface area (Å²) in [5.41, 5.74) is 4.49. The minimum Gasteiger partial charge on any atom is -0.143 e. The molecule has 1 aromatic carbocycles. The zero-order valence-electron chi connectivity index (χ0n) is 17.5. The first-order chi connectivity index (χ1) is 13.8. The van der Waals surface area contributed by atoms with Crippen molar-refractivity contribution in [3.8, 4) is 20.2 Å². The van der Waals surface area contributed by atoms with Crippen LogP contribution in [0.4, 0.5) is 0 Å². The van der Waals surface area contributed by atoms with Crippen molar-refractivity contribution in [1.82, 2.24) is 0 Å². The molecule has 0 radical (unpaired) electrons. The van der Waals surface area contributed by atoms with Crippen molar-refractivity contribution >= 4 is 22.7 Å². The number of benzene rings is 1. The van der Waals surface area contributed by atoms with Crippen LogP contribution < -0.4 is 0 Å². The second-order valence-electron chi connectivity index (χ2n) is 7.73. The lowest BCUT2D eigenvalue weighted by Gasteiger charge is -2.06. The second-order valence-corrected chi connectivity index (χ2v) is 9.70. The zero-order valence-corrected chi connectivity index (χ0v) is 19.1. The molecular formula is C26H34S2. The Morgan fingerprint density at radius 3 is 2.04 bits per heavy atom. The molecule has 2 heteroatoms. The number of unbranched alkanes of at least 4 members (excludes halogenated alkanes) is 6. The standard InChI is InChI=1S/C26H34S2/c1-3-5-7-10-16-22-18-19-27-25(22)26-23(17-11-8-6-4-2)20-24(28-26)21-14-12-9-13-15-21/h9,12-15,18-20H,3-8,10-11,16-17H2,1-2H3. The molecule has 28 heavy (non-hydrogen) atoms. The van der Waals surface area contributed by atoms with Gasteiger partial charge in [0.2, 0.25) is 0 Å². The highest BCUT2D eigenvalue weighted by molar-refractivity contribution is 7.23. The van der Waals surface area contributed by atoms with E-state index in [2.05, 4.69) is 61.7 Å². The molecular weight excluding hydrogens is 376 g/mol. The van der Waals surface area contributed by atoms with E-state index in [4.69, 9.17) is 0 Å². The predicted molar refractivity (Wildman–Crippen MR) is 129 cm³/mol. The second kappa shape index (κ2) is 11.6. The van der Waals surface area contributed by atoms with Crippen LogP contribution in [-0.4, -0.2) is 0 Å². The first kappa shape index (κ1) is 21.3. The van der Waals surface area contributed by atoms with E-state index in [0.29, 0.717) is 0 Å². The number of thiophene rings is 2. The summed E-state index contributed by atoms with van der Waals surface area (Å²) in [6.07, 6.45) is 13.1. The van der Waals surface area contributed by atoms with Crippen LogP contribution >= 0.6 is 22.7 Å². The van der Waals surface area contributed by atoms with Crippen LogP contribution in [0, 0.1) is 0 Å². The Labute approximate surface area is 179 Å². The van der Waals surface area contributed by atoms with Crippen LogP contribution in [0.1, 0.15) is 76.3 Å². The van der Waals surface area contributed by atoms with Crippen molar-refractivity contribution in [3.63, 3.8) is 0 Å². The Morgan fingerprint density at radius 1 is 0.679 bits per heavy atom. The summed E-state index contributed by atoms with van der Waals surface area (Å²) in [6, 6.07) is 15.8. The van der Waals surface area contributed by atoms with Gasteiger partial charge in [-0.15, -0.1) is 22.7 Å². The summed E-state index contributed by atoms with van der Waals surface area (Å²) in [6.45, 7) is 4.58. The Balaban J connectivity index is 1.84. The van der Waals surface area contributed by atoms with Crippen molar-refractivity contribution in [1.29, 1.82) is 0 Å². The maximum absolute atomic E-state index is 2.47. The molecule has 2 heterocycles. The molecule has 0 saturated heterocycles. The van der Waals surface area contributed by atoms with Crippen LogP contribution in [0.15, 0.2) is 47.8 Å². The average Bonchev–Trinajstić information content (AvgIpc) is 3.36. The highest BCUT2D eigenvalue weighted by Gasteiger charge is 2.16. The Morgan fingerprint density at radius 2 is 1.36 bits per heavy atom. The van der Waals surface area contributed by atoms with E-state index < -0.39 is 0 Å². The molecule has 3 aromatic rings. The molecule has 0 unspecified atom stereocenters. The molecule has 0 aliphatic heterocycles. The SMILES string of the molecule is CCCCCCc1ccsc1-c1sc(-c2ccccc2)cc1CCCCCC. The summed E-state index contributed by atoms with van der Waals surface area (Å²) >= 11 is 3.95. The maximum atomic E-state index is 2.47. The van der Waals surface area contributed by atoms with Crippen molar-refractivity contribution in [2.45, 2.75) is 78.1 Å². The molecule has 0 N–H and O–H groups in total. The minimum atomic E-state index is 1.21. The Hall–Kier alpha value is -1.38.